The Balaban J connectivity index is 2.43. The predicted octanol–water partition coefficient (Wildman–Crippen LogP) is 1.66. The molecule has 3 aromatic rings. The normalized spacial score (nSPS) is 11.7. The van der Waals surface area contributed by atoms with Crippen molar-refractivity contribution in [2.45, 2.75) is 19.8 Å². The average Bonchev–Trinajstić information content (AvgIpc) is 2.91. The quantitative estimate of drug-likeness (QED) is 0.638. The van der Waals surface area contributed by atoms with Crippen LogP contribution in [0, 0.1) is 0 Å². The Morgan fingerprint density at radius 3 is 2.89 bits per heavy atom. The highest BCUT2D eigenvalue weighted by atomic mass is 16.1. The number of imidazole rings is 1. The first kappa shape index (κ1) is 10.8. The van der Waals surface area contributed by atoms with E-state index in [-0.39, 0.29) is 5.92 Å². The lowest BCUT2D eigenvalue weighted by Crippen LogP contribution is -2.10. The van der Waals surface area contributed by atoms with Crippen LogP contribution in [0.5, 0.6) is 0 Å². The summed E-state index contributed by atoms with van der Waals surface area (Å²) in [6.07, 6.45) is 3.28. The number of pyridine rings is 1. The zero-order valence-corrected chi connectivity index (χ0v) is 10.1. The van der Waals surface area contributed by atoms with Crippen LogP contribution in [0.1, 0.15) is 35.9 Å². The lowest BCUT2D eigenvalue weighted by Gasteiger charge is -1.95. The molecule has 0 radical (unpaired) electrons. The Bertz CT molecular complexity index is 752. The van der Waals surface area contributed by atoms with Crippen molar-refractivity contribution in [1.82, 2.24) is 19.9 Å². The Hall–Kier alpha value is -2.37. The fraction of sp³-hybridized carbons (Fsp3) is 0.250. The average molecular weight is 243 g/mol. The van der Waals surface area contributed by atoms with Gasteiger partial charge < -0.3 is 15.7 Å². The topological polar surface area (TPSA) is 100 Å². The summed E-state index contributed by atoms with van der Waals surface area (Å²) in [5.41, 5.74) is 7.95. The van der Waals surface area contributed by atoms with Crippen LogP contribution in [0.25, 0.3) is 22.1 Å². The molecule has 0 aromatic carbocycles. The van der Waals surface area contributed by atoms with Gasteiger partial charge in [0.15, 0.2) is 0 Å². The molecule has 6 nitrogen and oxygen atoms in total. The lowest BCUT2D eigenvalue weighted by atomic mass is 10.2. The molecule has 0 atom stereocenters. The molecule has 3 aromatic heterocycles. The van der Waals surface area contributed by atoms with E-state index in [9.17, 15) is 4.79 Å². The summed E-state index contributed by atoms with van der Waals surface area (Å²) in [6.45, 7) is 4.10. The molecule has 0 aliphatic heterocycles. The molecule has 0 saturated heterocycles. The van der Waals surface area contributed by atoms with E-state index < -0.39 is 5.91 Å². The van der Waals surface area contributed by atoms with Gasteiger partial charge in [-0.25, -0.2) is 9.97 Å². The van der Waals surface area contributed by atoms with Gasteiger partial charge in [0.2, 0.25) is 0 Å². The Morgan fingerprint density at radius 2 is 2.22 bits per heavy atom. The van der Waals surface area contributed by atoms with E-state index >= 15 is 0 Å². The second-order valence-electron chi connectivity index (χ2n) is 4.59. The first-order chi connectivity index (χ1) is 8.58. The van der Waals surface area contributed by atoms with Gasteiger partial charge in [-0.2, -0.15) is 0 Å². The molecule has 0 aliphatic carbocycles. The molecule has 4 N–H and O–H groups in total. The predicted molar refractivity (Wildman–Crippen MR) is 68.4 cm³/mol. The van der Waals surface area contributed by atoms with Crippen LogP contribution in [-0.4, -0.2) is 25.8 Å². The molecule has 92 valence electrons. The number of nitrogens with two attached hydrogens (primary N) is 1. The zero-order chi connectivity index (χ0) is 12.9. The first-order valence-corrected chi connectivity index (χ1v) is 5.73. The summed E-state index contributed by atoms with van der Waals surface area (Å²) in [5.74, 6) is 0.670. The largest absolute Gasteiger partial charge is 0.366 e. The van der Waals surface area contributed by atoms with Gasteiger partial charge in [0.25, 0.3) is 5.91 Å². The van der Waals surface area contributed by atoms with Crippen molar-refractivity contribution in [3.05, 3.63) is 23.8 Å². The van der Waals surface area contributed by atoms with E-state index in [4.69, 9.17) is 5.73 Å². The number of amides is 1. The molecular formula is C12H13N5O. The van der Waals surface area contributed by atoms with Crippen molar-refractivity contribution >= 4 is 28.0 Å². The van der Waals surface area contributed by atoms with E-state index in [0.29, 0.717) is 16.6 Å². The third-order valence-electron chi connectivity index (χ3n) is 2.98. The van der Waals surface area contributed by atoms with Gasteiger partial charge in [-0.15, -0.1) is 0 Å². The third kappa shape index (κ3) is 1.38. The highest BCUT2D eigenvalue weighted by molar-refractivity contribution is 6.14. The maximum atomic E-state index is 11.4. The van der Waals surface area contributed by atoms with Crippen LogP contribution in [0.4, 0.5) is 0 Å². The molecule has 0 spiro atoms. The molecule has 0 aliphatic rings. The van der Waals surface area contributed by atoms with E-state index in [1.807, 2.05) is 0 Å². The molecule has 0 fully saturated rings. The molecule has 3 rings (SSSR count). The van der Waals surface area contributed by atoms with E-state index in [0.717, 1.165) is 16.9 Å². The Kier molecular flexibility index (Phi) is 2.13. The molecule has 0 unspecified atom stereocenters. The van der Waals surface area contributed by atoms with Gasteiger partial charge in [-0.05, 0) is 0 Å². The van der Waals surface area contributed by atoms with Crippen molar-refractivity contribution < 1.29 is 4.79 Å². The van der Waals surface area contributed by atoms with Crippen molar-refractivity contribution in [2.75, 3.05) is 0 Å². The molecule has 6 heteroatoms. The SMILES string of the molecule is CC(C)c1nc2c(cnc3[nH]cc(C(N)=O)c32)[nH]1. The number of primary amides is 1. The zero-order valence-electron chi connectivity index (χ0n) is 10.1. The lowest BCUT2D eigenvalue weighted by molar-refractivity contribution is 0.100. The maximum absolute atomic E-state index is 11.4. The van der Waals surface area contributed by atoms with Gasteiger partial charge in [-0.3, -0.25) is 4.79 Å². The van der Waals surface area contributed by atoms with Gasteiger partial charge in [0.1, 0.15) is 17.0 Å². The number of fused-ring (bicyclic) bond motifs is 3. The van der Waals surface area contributed by atoms with E-state index in [1.54, 1.807) is 12.4 Å². The molecule has 0 saturated carbocycles. The minimum atomic E-state index is -0.482. The standard InChI is InChI=1S/C12H13N5O/c1-5(2)11-16-7-4-15-12-8(9(7)17-11)6(3-14-12)10(13)18/h3-5H,1-2H3,(H2,13,18)(H,14,15)(H,16,17). The maximum Gasteiger partial charge on any atom is 0.251 e. The molecule has 18 heavy (non-hydrogen) atoms. The van der Waals surface area contributed by atoms with Crippen LogP contribution in [0.2, 0.25) is 0 Å². The van der Waals surface area contributed by atoms with Crippen LogP contribution >= 0.6 is 0 Å². The van der Waals surface area contributed by atoms with Crippen LogP contribution in [0.15, 0.2) is 12.4 Å². The molecule has 0 bridgehead atoms. The van der Waals surface area contributed by atoms with Gasteiger partial charge >= 0.3 is 0 Å². The summed E-state index contributed by atoms with van der Waals surface area (Å²) in [6, 6.07) is 0. The molecular weight excluding hydrogens is 230 g/mol. The van der Waals surface area contributed by atoms with Crippen LogP contribution in [-0.2, 0) is 0 Å². The monoisotopic (exact) mass is 243 g/mol. The second-order valence-corrected chi connectivity index (χ2v) is 4.59. The van der Waals surface area contributed by atoms with Crippen molar-refractivity contribution in [2.24, 2.45) is 5.73 Å². The summed E-state index contributed by atoms with van der Waals surface area (Å²) in [5, 5.41) is 0.683. The fourth-order valence-electron chi connectivity index (χ4n) is 2.04. The van der Waals surface area contributed by atoms with Gasteiger partial charge in [0.05, 0.1) is 22.7 Å². The first-order valence-electron chi connectivity index (χ1n) is 5.73. The molecule has 1 amide bonds. The minimum Gasteiger partial charge on any atom is -0.366 e. The minimum absolute atomic E-state index is 0.281. The fourth-order valence-corrected chi connectivity index (χ4v) is 2.04. The molecule has 3 heterocycles. The van der Waals surface area contributed by atoms with E-state index in [1.165, 1.54) is 0 Å². The van der Waals surface area contributed by atoms with Crippen LogP contribution in [0.3, 0.4) is 0 Å². The number of nitrogens with one attached hydrogen (secondary N) is 2. The number of H-pyrrole nitrogens is 2. The Labute approximate surface area is 103 Å². The van der Waals surface area contributed by atoms with Crippen molar-refractivity contribution in [1.29, 1.82) is 0 Å². The number of carbonyl (C=O) groups excluding carboxylic acids is 1. The summed E-state index contributed by atoms with van der Waals surface area (Å²) < 4.78 is 0. The van der Waals surface area contributed by atoms with Gasteiger partial charge in [0, 0.05) is 12.1 Å². The number of aromatic nitrogens is 4. The number of aromatic amines is 2. The number of hydrogen-bond acceptors (Lipinski definition) is 3. The third-order valence-corrected chi connectivity index (χ3v) is 2.98. The summed E-state index contributed by atoms with van der Waals surface area (Å²) in [7, 11) is 0. The highest BCUT2D eigenvalue weighted by Gasteiger charge is 2.16. The van der Waals surface area contributed by atoms with Crippen LogP contribution < -0.4 is 5.73 Å². The van der Waals surface area contributed by atoms with Crippen molar-refractivity contribution in [3.63, 3.8) is 0 Å². The smallest absolute Gasteiger partial charge is 0.251 e. The van der Waals surface area contributed by atoms with Crippen molar-refractivity contribution in [3.8, 4) is 0 Å². The number of carbonyl (C=O) groups is 1. The van der Waals surface area contributed by atoms with E-state index in [2.05, 4.69) is 33.8 Å². The number of rotatable bonds is 2. The second kappa shape index (κ2) is 3.56. The number of hydrogen-bond donors (Lipinski definition) is 3. The number of nitrogens with zero attached hydrogens (tertiary/aromatic N) is 2. The highest BCUT2D eigenvalue weighted by Crippen LogP contribution is 2.26. The Morgan fingerprint density at radius 1 is 1.44 bits per heavy atom. The summed E-state index contributed by atoms with van der Waals surface area (Å²) in [4.78, 5) is 26.3. The summed E-state index contributed by atoms with van der Waals surface area (Å²) >= 11 is 0. The van der Waals surface area contributed by atoms with Gasteiger partial charge in [-0.1, -0.05) is 13.8 Å².